The van der Waals surface area contributed by atoms with Crippen LogP contribution in [0.3, 0.4) is 0 Å². The Morgan fingerprint density at radius 3 is 1.85 bits per heavy atom. The molecule has 3 aromatic carbocycles. The summed E-state index contributed by atoms with van der Waals surface area (Å²) < 4.78 is 34.0. The lowest BCUT2D eigenvalue weighted by molar-refractivity contribution is 0.381. The number of nitrogens with zero attached hydrogens (tertiary/aromatic N) is 1. The first-order valence-corrected chi connectivity index (χ1v) is 9.22. The number of ether oxygens (including phenoxy) is 1. The second-order valence-electron chi connectivity index (χ2n) is 5.87. The lowest BCUT2D eigenvalue weighted by atomic mass is 10.1. The molecule has 0 amide bonds. The van der Waals surface area contributed by atoms with E-state index >= 15 is 0 Å². The van der Waals surface area contributed by atoms with Crippen LogP contribution < -0.4 is 9.64 Å². The van der Waals surface area contributed by atoms with Crippen LogP contribution in [0.2, 0.25) is 0 Å². The Hall–Kier alpha value is -2.15. The van der Waals surface area contributed by atoms with Crippen LogP contribution in [0, 0.1) is 15.2 Å². The molecular formula is C21H18F2INO. The lowest BCUT2D eigenvalue weighted by Gasteiger charge is -2.27. The molecule has 0 aliphatic carbocycles. The van der Waals surface area contributed by atoms with Gasteiger partial charge in [0.2, 0.25) is 0 Å². The number of anilines is 1. The molecule has 0 fully saturated rings. The summed E-state index contributed by atoms with van der Waals surface area (Å²) in [5, 5.41) is 0. The van der Waals surface area contributed by atoms with Crippen molar-refractivity contribution in [2.75, 3.05) is 12.0 Å². The Morgan fingerprint density at radius 2 is 1.38 bits per heavy atom. The number of hydrogen-bond donors (Lipinski definition) is 0. The van der Waals surface area contributed by atoms with Gasteiger partial charge in [-0.1, -0.05) is 60.7 Å². The molecule has 0 bridgehead atoms. The van der Waals surface area contributed by atoms with Crippen molar-refractivity contribution in [2.24, 2.45) is 0 Å². The SMILES string of the molecule is COc1c(N(Cc2ccccc2)Cc2ccccc2)cc(F)c(I)c1F. The van der Waals surface area contributed by atoms with E-state index in [0.717, 1.165) is 11.1 Å². The summed E-state index contributed by atoms with van der Waals surface area (Å²) in [6.07, 6.45) is 0. The first kappa shape index (κ1) is 18.6. The Morgan fingerprint density at radius 1 is 0.885 bits per heavy atom. The van der Waals surface area contributed by atoms with Crippen LogP contribution in [0.4, 0.5) is 14.5 Å². The fourth-order valence-electron chi connectivity index (χ4n) is 2.83. The minimum atomic E-state index is -0.672. The van der Waals surface area contributed by atoms with Crippen LogP contribution >= 0.6 is 22.6 Å². The summed E-state index contributed by atoms with van der Waals surface area (Å²) in [4.78, 5) is 1.92. The van der Waals surface area contributed by atoms with Crippen molar-refractivity contribution in [1.29, 1.82) is 0 Å². The van der Waals surface area contributed by atoms with Gasteiger partial charge in [-0.15, -0.1) is 0 Å². The van der Waals surface area contributed by atoms with Gasteiger partial charge < -0.3 is 9.64 Å². The minimum Gasteiger partial charge on any atom is -0.492 e. The molecule has 0 unspecified atom stereocenters. The van der Waals surface area contributed by atoms with E-state index in [1.165, 1.54) is 13.2 Å². The van der Waals surface area contributed by atoms with Crippen molar-refractivity contribution in [3.05, 3.63) is 93.1 Å². The summed E-state index contributed by atoms with van der Waals surface area (Å²) in [5.74, 6) is -1.21. The minimum absolute atomic E-state index is 0.0580. The van der Waals surface area contributed by atoms with Crippen molar-refractivity contribution in [2.45, 2.75) is 13.1 Å². The van der Waals surface area contributed by atoms with Gasteiger partial charge in [0.1, 0.15) is 5.82 Å². The molecule has 0 saturated heterocycles. The molecule has 0 aliphatic rings. The fourth-order valence-corrected chi connectivity index (χ4v) is 3.23. The summed E-state index contributed by atoms with van der Waals surface area (Å²) in [6.45, 7) is 1.01. The molecule has 3 rings (SSSR count). The standard InChI is InChI=1S/C21H18F2INO/c1-26-21-18(12-17(22)20(24)19(21)23)25(13-15-8-4-2-5-9-15)14-16-10-6-3-7-11-16/h2-12H,13-14H2,1H3. The lowest BCUT2D eigenvalue weighted by Crippen LogP contribution is -2.23. The number of rotatable bonds is 6. The molecule has 0 heterocycles. The highest BCUT2D eigenvalue weighted by atomic mass is 127. The van der Waals surface area contributed by atoms with Crippen molar-refractivity contribution >= 4 is 28.3 Å². The van der Waals surface area contributed by atoms with E-state index in [-0.39, 0.29) is 9.32 Å². The molecule has 0 aliphatic heterocycles. The van der Waals surface area contributed by atoms with Crippen LogP contribution in [-0.4, -0.2) is 7.11 Å². The second kappa shape index (κ2) is 8.49. The monoisotopic (exact) mass is 465 g/mol. The van der Waals surface area contributed by atoms with Gasteiger partial charge in [-0.05, 0) is 33.7 Å². The largest absolute Gasteiger partial charge is 0.492 e. The normalized spacial score (nSPS) is 10.6. The smallest absolute Gasteiger partial charge is 0.183 e. The quantitative estimate of drug-likeness (QED) is 0.338. The van der Waals surface area contributed by atoms with E-state index in [2.05, 4.69) is 0 Å². The van der Waals surface area contributed by atoms with Crippen molar-refractivity contribution in [3.63, 3.8) is 0 Å². The van der Waals surface area contributed by atoms with Crippen molar-refractivity contribution in [3.8, 4) is 5.75 Å². The van der Waals surface area contributed by atoms with Crippen LogP contribution in [0.1, 0.15) is 11.1 Å². The summed E-state index contributed by atoms with van der Waals surface area (Å²) in [6, 6.07) is 21.0. The number of methoxy groups -OCH3 is 1. The number of hydrogen-bond acceptors (Lipinski definition) is 2. The molecule has 0 atom stereocenters. The maximum absolute atomic E-state index is 14.6. The maximum Gasteiger partial charge on any atom is 0.183 e. The molecule has 0 spiro atoms. The molecule has 5 heteroatoms. The molecule has 0 N–H and O–H groups in total. The van der Waals surface area contributed by atoms with Gasteiger partial charge in [0.25, 0.3) is 0 Å². The van der Waals surface area contributed by atoms with E-state index in [0.29, 0.717) is 18.8 Å². The van der Waals surface area contributed by atoms with Crippen molar-refractivity contribution < 1.29 is 13.5 Å². The van der Waals surface area contributed by atoms with Crippen LogP contribution in [0.5, 0.6) is 5.75 Å². The maximum atomic E-state index is 14.6. The molecular weight excluding hydrogens is 447 g/mol. The number of benzene rings is 3. The van der Waals surface area contributed by atoms with Crippen LogP contribution in [-0.2, 0) is 13.1 Å². The highest BCUT2D eigenvalue weighted by molar-refractivity contribution is 14.1. The van der Waals surface area contributed by atoms with E-state index in [4.69, 9.17) is 4.74 Å². The van der Waals surface area contributed by atoms with Gasteiger partial charge in [0.05, 0.1) is 16.4 Å². The average Bonchev–Trinajstić information content (AvgIpc) is 2.67. The van der Waals surface area contributed by atoms with Gasteiger partial charge in [-0.3, -0.25) is 0 Å². The van der Waals surface area contributed by atoms with Gasteiger partial charge in [-0.25, -0.2) is 8.78 Å². The Bertz CT molecular complexity index is 831. The molecule has 0 saturated carbocycles. The molecule has 0 radical (unpaired) electrons. The number of halogens is 3. The third kappa shape index (κ3) is 4.15. The Balaban J connectivity index is 2.05. The molecule has 2 nitrogen and oxygen atoms in total. The summed E-state index contributed by atoms with van der Waals surface area (Å²) in [7, 11) is 1.40. The highest BCUT2D eigenvalue weighted by Crippen LogP contribution is 2.37. The van der Waals surface area contributed by atoms with Crippen LogP contribution in [0.25, 0.3) is 0 Å². The molecule has 3 aromatic rings. The second-order valence-corrected chi connectivity index (χ2v) is 6.94. The molecule has 134 valence electrons. The third-order valence-electron chi connectivity index (χ3n) is 4.08. The molecule has 26 heavy (non-hydrogen) atoms. The Labute approximate surface area is 165 Å². The fraction of sp³-hybridized carbons (Fsp3) is 0.143. The average molecular weight is 465 g/mol. The zero-order valence-corrected chi connectivity index (χ0v) is 16.4. The first-order chi connectivity index (χ1) is 12.6. The highest BCUT2D eigenvalue weighted by Gasteiger charge is 2.22. The van der Waals surface area contributed by atoms with Gasteiger partial charge in [-0.2, -0.15) is 0 Å². The zero-order valence-electron chi connectivity index (χ0n) is 14.3. The van der Waals surface area contributed by atoms with Gasteiger partial charge in [0.15, 0.2) is 11.6 Å². The predicted molar refractivity (Wildman–Crippen MR) is 108 cm³/mol. The van der Waals surface area contributed by atoms with E-state index in [1.54, 1.807) is 22.6 Å². The topological polar surface area (TPSA) is 12.5 Å². The zero-order chi connectivity index (χ0) is 18.5. The molecule has 0 aromatic heterocycles. The summed E-state index contributed by atoms with van der Waals surface area (Å²) in [5.41, 5.74) is 2.49. The first-order valence-electron chi connectivity index (χ1n) is 8.14. The van der Waals surface area contributed by atoms with Crippen LogP contribution in [0.15, 0.2) is 66.7 Å². The van der Waals surface area contributed by atoms with Gasteiger partial charge >= 0.3 is 0 Å². The predicted octanol–water partition coefficient (Wildman–Crippen LogP) is 5.78. The third-order valence-corrected chi connectivity index (χ3v) is 5.06. The van der Waals surface area contributed by atoms with E-state index in [9.17, 15) is 8.78 Å². The van der Waals surface area contributed by atoms with Gasteiger partial charge in [0, 0.05) is 19.2 Å². The summed E-state index contributed by atoms with van der Waals surface area (Å²) >= 11 is 1.66. The van der Waals surface area contributed by atoms with Crippen molar-refractivity contribution in [1.82, 2.24) is 0 Å². The Kier molecular flexibility index (Phi) is 6.08. The van der Waals surface area contributed by atoms with E-state index < -0.39 is 11.6 Å². The van der Waals surface area contributed by atoms with E-state index in [1.807, 2.05) is 65.6 Å².